The summed E-state index contributed by atoms with van der Waals surface area (Å²) >= 11 is 0. The summed E-state index contributed by atoms with van der Waals surface area (Å²) in [6.07, 6.45) is 7.98. The lowest BCUT2D eigenvalue weighted by atomic mass is 10.0. The first-order valence-corrected chi connectivity index (χ1v) is 9.23. The number of anilines is 1. The van der Waals surface area contributed by atoms with Crippen LogP contribution < -0.4 is 10.2 Å². The van der Waals surface area contributed by atoms with E-state index in [4.69, 9.17) is 14.7 Å². The van der Waals surface area contributed by atoms with Crippen LogP contribution in [0.15, 0.2) is 24.5 Å². The van der Waals surface area contributed by atoms with E-state index in [1.165, 1.54) is 17.7 Å². The Morgan fingerprint density at radius 2 is 2.08 bits per heavy atom. The van der Waals surface area contributed by atoms with Gasteiger partial charge >= 0.3 is 0 Å². The average Bonchev–Trinajstić information content (AvgIpc) is 3.30. The van der Waals surface area contributed by atoms with Gasteiger partial charge in [-0.1, -0.05) is 0 Å². The zero-order valence-electron chi connectivity index (χ0n) is 14.4. The molecular weight excluding hydrogens is 314 g/mol. The average molecular weight is 337 g/mol. The van der Waals surface area contributed by atoms with Gasteiger partial charge in [-0.25, -0.2) is 9.97 Å². The molecule has 6 heteroatoms. The van der Waals surface area contributed by atoms with Crippen LogP contribution >= 0.6 is 0 Å². The molecule has 6 nitrogen and oxygen atoms in total. The van der Waals surface area contributed by atoms with E-state index < -0.39 is 0 Å². The van der Waals surface area contributed by atoms with Crippen LogP contribution in [0, 0.1) is 0 Å². The van der Waals surface area contributed by atoms with Gasteiger partial charge in [0.15, 0.2) is 5.82 Å². The van der Waals surface area contributed by atoms with Crippen LogP contribution in [0.4, 0.5) is 5.82 Å². The zero-order chi connectivity index (χ0) is 16.7. The van der Waals surface area contributed by atoms with E-state index in [1.54, 1.807) is 12.4 Å². The van der Waals surface area contributed by atoms with Crippen molar-refractivity contribution in [2.24, 2.45) is 0 Å². The van der Waals surface area contributed by atoms with Gasteiger partial charge in [0.1, 0.15) is 5.82 Å². The topological polar surface area (TPSA) is 63.2 Å². The number of rotatable bonds is 2. The van der Waals surface area contributed by atoms with Crippen molar-refractivity contribution in [1.29, 1.82) is 0 Å². The first-order valence-electron chi connectivity index (χ1n) is 9.23. The molecule has 1 unspecified atom stereocenters. The van der Waals surface area contributed by atoms with Gasteiger partial charge in [-0.2, -0.15) is 0 Å². The molecule has 2 saturated heterocycles. The molecule has 1 atom stereocenters. The largest absolute Gasteiger partial charge is 0.370 e. The van der Waals surface area contributed by atoms with Crippen molar-refractivity contribution in [3.63, 3.8) is 0 Å². The fraction of sp³-hybridized carbons (Fsp3) is 0.526. The van der Waals surface area contributed by atoms with E-state index in [2.05, 4.69) is 15.2 Å². The van der Waals surface area contributed by atoms with Crippen molar-refractivity contribution in [3.05, 3.63) is 35.8 Å². The number of fused-ring (bicyclic) bond motifs is 1. The van der Waals surface area contributed by atoms with E-state index >= 15 is 0 Å². The Hall–Kier alpha value is -2.05. The minimum absolute atomic E-state index is 0.0501. The molecule has 0 aromatic carbocycles. The van der Waals surface area contributed by atoms with E-state index in [-0.39, 0.29) is 5.60 Å². The van der Waals surface area contributed by atoms with Crippen LogP contribution in [0.2, 0.25) is 0 Å². The summed E-state index contributed by atoms with van der Waals surface area (Å²) in [5.74, 6) is 1.95. The smallest absolute Gasteiger partial charge is 0.161 e. The standard InChI is InChI=1S/C19H23N5O/c1-2-15-16(3-1)22-17(14-4-7-20-8-5-14)23-18(15)24-10-6-19(13-24)12-21-9-11-25-19/h4-5,7-8,21H,1-3,6,9-13H2. The highest BCUT2D eigenvalue weighted by molar-refractivity contribution is 5.61. The Kier molecular flexibility index (Phi) is 3.68. The molecule has 25 heavy (non-hydrogen) atoms. The number of hydrogen-bond donors (Lipinski definition) is 1. The van der Waals surface area contributed by atoms with Crippen LogP contribution in [0.1, 0.15) is 24.1 Å². The van der Waals surface area contributed by atoms with Crippen molar-refractivity contribution in [3.8, 4) is 11.4 Å². The molecule has 1 N–H and O–H groups in total. The number of ether oxygens (including phenoxy) is 1. The van der Waals surface area contributed by atoms with Gasteiger partial charge in [-0.3, -0.25) is 4.98 Å². The number of aryl methyl sites for hydroxylation is 1. The first kappa shape index (κ1) is 15.2. The SMILES string of the molecule is c1cc(-c2nc3c(c(N4CCC5(CNCCO5)C4)n2)CCC3)ccn1. The van der Waals surface area contributed by atoms with E-state index in [9.17, 15) is 0 Å². The number of pyridine rings is 1. The molecule has 5 rings (SSSR count). The molecule has 1 spiro atoms. The molecular formula is C19H23N5O. The van der Waals surface area contributed by atoms with Gasteiger partial charge in [0, 0.05) is 55.4 Å². The second-order valence-corrected chi connectivity index (χ2v) is 7.27. The molecule has 0 radical (unpaired) electrons. The van der Waals surface area contributed by atoms with Gasteiger partial charge in [0.25, 0.3) is 0 Å². The van der Waals surface area contributed by atoms with Crippen molar-refractivity contribution in [2.45, 2.75) is 31.3 Å². The number of nitrogens with zero attached hydrogens (tertiary/aromatic N) is 4. The van der Waals surface area contributed by atoms with Crippen molar-refractivity contribution in [1.82, 2.24) is 20.3 Å². The summed E-state index contributed by atoms with van der Waals surface area (Å²) in [6, 6.07) is 3.97. The summed E-state index contributed by atoms with van der Waals surface area (Å²) in [5, 5.41) is 3.49. The van der Waals surface area contributed by atoms with Gasteiger partial charge in [0.05, 0.1) is 12.2 Å². The molecule has 0 amide bonds. The predicted molar refractivity (Wildman–Crippen MR) is 95.7 cm³/mol. The lowest BCUT2D eigenvalue weighted by Crippen LogP contribution is -2.51. The van der Waals surface area contributed by atoms with Crippen LogP contribution in [0.25, 0.3) is 11.4 Å². The number of nitrogens with one attached hydrogen (secondary N) is 1. The summed E-state index contributed by atoms with van der Waals surface area (Å²) in [5.41, 5.74) is 3.56. The second kappa shape index (κ2) is 6.04. The Morgan fingerprint density at radius 1 is 1.16 bits per heavy atom. The van der Waals surface area contributed by atoms with Crippen molar-refractivity contribution in [2.75, 3.05) is 37.7 Å². The Labute approximate surface area is 147 Å². The molecule has 130 valence electrons. The Bertz CT molecular complexity index is 773. The number of morpholine rings is 1. The van der Waals surface area contributed by atoms with E-state index in [0.29, 0.717) is 0 Å². The van der Waals surface area contributed by atoms with Gasteiger partial charge in [-0.15, -0.1) is 0 Å². The third kappa shape index (κ3) is 2.69. The third-order valence-corrected chi connectivity index (χ3v) is 5.60. The van der Waals surface area contributed by atoms with Gasteiger partial charge in [-0.05, 0) is 37.8 Å². The maximum atomic E-state index is 6.16. The van der Waals surface area contributed by atoms with Crippen LogP contribution in [0.5, 0.6) is 0 Å². The fourth-order valence-corrected chi connectivity index (χ4v) is 4.30. The minimum atomic E-state index is -0.0501. The second-order valence-electron chi connectivity index (χ2n) is 7.27. The normalized spacial score (nSPS) is 25.5. The van der Waals surface area contributed by atoms with Crippen LogP contribution in [-0.4, -0.2) is 53.3 Å². The molecule has 3 aliphatic rings. The van der Waals surface area contributed by atoms with E-state index in [0.717, 1.165) is 69.3 Å². The van der Waals surface area contributed by atoms with Crippen LogP contribution in [-0.2, 0) is 17.6 Å². The molecule has 1 aliphatic carbocycles. The lowest BCUT2D eigenvalue weighted by molar-refractivity contribution is -0.0496. The fourth-order valence-electron chi connectivity index (χ4n) is 4.30. The predicted octanol–water partition coefficient (Wildman–Crippen LogP) is 1.60. The summed E-state index contributed by atoms with van der Waals surface area (Å²) in [4.78, 5) is 16.4. The lowest BCUT2D eigenvalue weighted by Gasteiger charge is -2.34. The maximum absolute atomic E-state index is 6.16. The maximum Gasteiger partial charge on any atom is 0.161 e. The molecule has 2 fully saturated rings. The summed E-state index contributed by atoms with van der Waals surface area (Å²) in [6.45, 7) is 4.61. The van der Waals surface area contributed by atoms with Crippen molar-refractivity contribution < 1.29 is 4.74 Å². The van der Waals surface area contributed by atoms with E-state index in [1.807, 2.05) is 12.1 Å². The zero-order valence-corrected chi connectivity index (χ0v) is 14.4. The molecule has 2 aliphatic heterocycles. The minimum Gasteiger partial charge on any atom is -0.370 e. The third-order valence-electron chi connectivity index (χ3n) is 5.60. The quantitative estimate of drug-likeness (QED) is 0.898. The van der Waals surface area contributed by atoms with Gasteiger partial charge in [0.2, 0.25) is 0 Å². The Morgan fingerprint density at radius 3 is 2.92 bits per heavy atom. The summed E-state index contributed by atoms with van der Waals surface area (Å²) in [7, 11) is 0. The Balaban J connectivity index is 1.52. The first-order chi connectivity index (χ1) is 12.3. The molecule has 2 aromatic heterocycles. The van der Waals surface area contributed by atoms with Crippen molar-refractivity contribution >= 4 is 5.82 Å². The highest BCUT2D eigenvalue weighted by atomic mass is 16.5. The molecule has 2 aromatic rings. The van der Waals surface area contributed by atoms with Crippen LogP contribution in [0.3, 0.4) is 0 Å². The number of hydrogen-bond acceptors (Lipinski definition) is 6. The molecule has 4 heterocycles. The highest BCUT2D eigenvalue weighted by Gasteiger charge is 2.42. The highest BCUT2D eigenvalue weighted by Crippen LogP contribution is 2.36. The summed E-state index contributed by atoms with van der Waals surface area (Å²) < 4.78 is 6.16. The monoisotopic (exact) mass is 337 g/mol. The molecule has 0 bridgehead atoms. The number of aromatic nitrogens is 3. The molecule has 0 saturated carbocycles. The van der Waals surface area contributed by atoms with Gasteiger partial charge < -0.3 is 15.0 Å².